The van der Waals surface area contributed by atoms with Crippen molar-refractivity contribution in [3.63, 3.8) is 0 Å². The predicted octanol–water partition coefficient (Wildman–Crippen LogP) is 1.35. The molecule has 0 amide bonds. The van der Waals surface area contributed by atoms with Gasteiger partial charge in [0, 0.05) is 29.8 Å². The van der Waals surface area contributed by atoms with Crippen molar-refractivity contribution in [2.75, 3.05) is 12.3 Å². The lowest BCUT2D eigenvalue weighted by Crippen LogP contribution is -2.22. The second-order valence-electron chi connectivity index (χ2n) is 4.29. The van der Waals surface area contributed by atoms with Crippen molar-refractivity contribution in [1.82, 2.24) is 4.98 Å². The number of rotatable bonds is 1. The molecule has 1 aliphatic heterocycles. The number of pyridine rings is 1. The molecule has 0 radical (unpaired) electrons. The number of H-pyrrole nitrogens is 1. The lowest BCUT2D eigenvalue weighted by molar-refractivity contribution is 0.891. The molecule has 18 heavy (non-hydrogen) atoms. The number of nitrogen functional groups attached to an aromatic ring is 1. The number of nitrogens with zero attached hydrogens (tertiary/aromatic N) is 1. The molecule has 2 aromatic rings. The Labute approximate surface area is 104 Å². The monoisotopic (exact) mass is 239 g/mol. The van der Waals surface area contributed by atoms with Crippen molar-refractivity contribution < 1.29 is 0 Å². The van der Waals surface area contributed by atoms with Crippen LogP contribution in [0.25, 0.3) is 0 Å². The molecule has 3 rings (SSSR count). The number of nitrogens with two attached hydrogens (primary N) is 1. The Kier molecular flexibility index (Phi) is 2.48. The van der Waals surface area contributed by atoms with Gasteiger partial charge in [0.1, 0.15) is 0 Å². The molecule has 0 fully saturated rings. The van der Waals surface area contributed by atoms with E-state index in [0.717, 1.165) is 29.0 Å². The van der Waals surface area contributed by atoms with E-state index >= 15 is 0 Å². The molecule has 0 saturated heterocycles. The molecule has 2 heterocycles. The van der Waals surface area contributed by atoms with Crippen molar-refractivity contribution >= 4 is 11.4 Å². The first-order valence-electron chi connectivity index (χ1n) is 5.87. The maximum absolute atomic E-state index is 11.5. The van der Waals surface area contributed by atoms with Crippen molar-refractivity contribution in [1.29, 1.82) is 0 Å². The van der Waals surface area contributed by atoms with Crippen LogP contribution in [0, 0.1) is 0 Å². The first-order chi connectivity index (χ1) is 8.75. The average Bonchev–Trinajstić information content (AvgIpc) is 2.40. The zero-order chi connectivity index (χ0) is 12.5. The Morgan fingerprint density at radius 2 is 2.00 bits per heavy atom. The van der Waals surface area contributed by atoms with Crippen LogP contribution in [-0.2, 0) is 6.42 Å². The summed E-state index contributed by atoms with van der Waals surface area (Å²) in [6.45, 7) is 0.692. The summed E-state index contributed by atoms with van der Waals surface area (Å²) in [6, 6.07) is 11.7. The quantitative estimate of drug-likeness (QED) is 0.788. The molecular formula is C14H13N3O. The zero-order valence-corrected chi connectivity index (χ0v) is 9.81. The van der Waals surface area contributed by atoms with Crippen molar-refractivity contribution in [2.45, 2.75) is 6.42 Å². The van der Waals surface area contributed by atoms with Gasteiger partial charge in [-0.2, -0.15) is 0 Å². The predicted molar refractivity (Wildman–Crippen MR) is 72.1 cm³/mol. The van der Waals surface area contributed by atoms with Crippen LogP contribution in [0.3, 0.4) is 0 Å². The maximum atomic E-state index is 11.5. The molecule has 90 valence electrons. The molecule has 4 nitrogen and oxygen atoms in total. The molecule has 1 aromatic heterocycles. The molecule has 4 heteroatoms. The minimum atomic E-state index is -0.219. The molecule has 3 N–H and O–H groups in total. The van der Waals surface area contributed by atoms with Gasteiger partial charge in [0.25, 0.3) is 5.56 Å². The normalized spacial score (nSPS) is 13.9. The van der Waals surface area contributed by atoms with Crippen LogP contribution in [0.4, 0.5) is 5.69 Å². The summed E-state index contributed by atoms with van der Waals surface area (Å²) in [7, 11) is 0. The number of anilines is 1. The number of aliphatic imine (C=N–C) groups is 1. The number of aromatic nitrogens is 1. The number of aromatic amines is 1. The van der Waals surface area contributed by atoms with Gasteiger partial charge in [-0.25, -0.2) is 0 Å². The van der Waals surface area contributed by atoms with E-state index in [9.17, 15) is 4.79 Å². The molecule has 0 unspecified atom stereocenters. The molecule has 0 saturated carbocycles. The number of nitrogens with one attached hydrogen (secondary N) is 1. The van der Waals surface area contributed by atoms with Crippen LogP contribution in [0.5, 0.6) is 0 Å². The van der Waals surface area contributed by atoms with Gasteiger partial charge in [-0.3, -0.25) is 9.79 Å². The Hall–Kier alpha value is -2.36. The number of hydrogen-bond acceptors (Lipinski definition) is 3. The van der Waals surface area contributed by atoms with E-state index in [0.29, 0.717) is 6.54 Å². The van der Waals surface area contributed by atoms with Gasteiger partial charge in [-0.05, 0) is 6.07 Å². The second-order valence-corrected chi connectivity index (χ2v) is 4.29. The Morgan fingerprint density at radius 1 is 1.22 bits per heavy atom. The first kappa shape index (κ1) is 10.8. The van der Waals surface area contributed by atoms with Crippen molar-refractivity contribution in [2.24, 2.45) is 4.99 Å². The van der Waals surface area contributed by atoms with Crippen LogP contribution < -0.4 is 11.3 Å². The first-order valence-corrected chi connectivity index (χ1v) is 5.87. The Balaban J connectivity index is 2.19. The number of fused-ring (bicyclic) bond motifs is 1. The average molecular weight is 239 g/mol. The summed E-state index contributed by atoms with van der Waals surface area (Å²) in [5.41, 5.74) is 9.50. The van der Waals surface area contributed by atoms with Crippen molar-refractivity contribution in [3.8, 4) is 0 Å². The maximum Gasteiger partial charge on any atom is 0.271 e. The standard InChI is InChI=1S/C14H13N3O/c15-11-8-10-12(17-14(11)18)6-7-16-13(10)9-4-2-1-3-5-9/h1-5,8H,6-7,15H2,(H,17,18). The summed E-state index contributed by atoms with van der Waals surface area (Å²) < 4.78 is 0. The van der Waals surface area contributed by atoms with Crippen LogP contribution in [-0.4, -0.2) is 17.2 Å². The van der Waals surface area contributed by atoms with E-state index in [1.165, 1.54) is 0 Å². The minimum Gasteiger partial charge on any atom is -0.394 e. The van der Waals surface area contributed by atoms with Gasteiger partial charge in [-0.1, -0.05) is 30.3 Å². The largest absolute Gasteiger partial charge is 0.394 e. The van der Waals surface area contributed by atoms with Gasteiger partial charge in [0.05, 0.1) is 11.4 Å². The Bertz CT molecular complexity index is 671. The molecule has 0 atom stereocenters. The van der Waals surface area contributed by atoms with Gasteiger partial charge >= 0.3 is 0 Å². The highest BCUT2D eigenvalue weighted by Gasteiger charge is 2.17. The highest BCUT2D eigenvalue weighted by Crippen LogP contribution is 2.19. The van der Waals surface area contributed by atoms with E-state index in [-0.39, 0.29) is 11.2 Å². The summed E-state index contributed by atoms with van der Waals surface area (Å²) in [4.78, 5) is 18.9. The number of hydrogen-bond donors (Lipinski definition) is 2. The van der Waals surface area contributed by atoms with Crippen LogP contribution >= 0.6 is 0 Å². The summed E-state index contributed by atoms with van der Waals surface area (Å²) >= 11 is 0. The molecule has 0 bridgehead atoms. The van der Waals surface area contributed by atoms with Gasteiger partial charge < -0.3 is 10.7 Å². The third kappa shape index (κ3) is 1.72. The smallest absolute Gasteiger partial charge is 0.271 e. The van der Waals surface area contributed by atoms with Crippen LogP contribution in [0.15, 0.2) is 46.2 Å². The highest BCUT2D eigenvalue weighted by atomic mass is 16.1. The van der Waals surface area contributed by atoms with Gasteiger partial charge in [0.2, 0.25) is 0 Å². The zero-order valence-electron chi connectivity index (χ0n) is 9.81. The SMILES string of the molecule is Nc1cc2c([nH]c1=O)CCN=C2c1ccccc1. The fraction of sp³-hybridized carbons (Fsp3) is 0.143. The van der Waals surface area contributed by atoms with E-state index in [4.69, 9.17) is 5.73 Å². The Morgan fingerprint density at radius 3 is 2.78 bits per heavy atom. The van der Waals surface area contributed by atoms with E-state index in [2.05, 4.69) is 9.98 Å². The lowest BCUT2D eigenvalue weighted by atomic mass is 9.97. The van der Waals surface area contributed by atoms with Gasteiger partial charge in [-0.15, -0.1) is 0 Å². The molecular weight excluding hydrogens is 226 g/mol. The van der Waals surface area contributed by atoms with E-state index < -0.39 is 0 Å². The topological polar surface area (TPSA) is 71.2 Å². The lowest BCUT2D eigenvalue weighted by Gasteiger charge is -2.17. The summed E-state index contributed by atoms with van der Waals surface area (Å²) in [5.74, 6) is 0. The fourth-order valence-electron chi connectivity index (χ4n) is 2.20. The van der Waals surface area contributed by atoms with Crippen molar-refractivity contribution in [3.05, 3.63) is 63.6 Å². The van der Waals surface area contributed by atoms with E-state index in [1.54, 1.807) is 6.07 Å². The van der Waals surface area contributed by atoms with Crippen LogP contribution in [0.2, 0.25) is 0 Å². The third-order valence-corrected chi connectivity index (χ3v) is 3.09. The summed E-state index contributed by atoms with van der Waals surface area (Å²) in [6.07, 6.45) is 0.751. The summed E-state index contributed by atoms with van der Waals surface area (Å²) in [5, 5.41) is 0. The molecule has 0 spiro atoms. The van der Waals surface area contributed by atoms with Crippen LogP contribution in [0.1, 0.15) is 16.8 Å². The second kappa shape index (κ2) is 4.14. The fourth-order valence-corrected chi connectivity index (χ4v) is 2.20. The molecule has 1 aliphatic rings. The third-order valence-electron chi connectivity index (χ3n) is 3.09. The minimum absolute atomic E-state index is 0.219. The van der Waals surface area contributed by atoms with Gasteiger partial charge in [0.15, 0.2) is 0 Å². The molecule has 0 aliphatic carbocycles. The molecule has 1 aromatic carbocycles. The highest BCUT2D eigenvalue weighted by molar-refractivity contribution is 6.14. The number of benzene rings is 1. The van der Waals surface area contributed by atoms with E-state index in [1.807, 2.05) is 30.3 Å².